The van der Waals surface area contributed by atoms with Crippen LogP contribution in [0.25, 0.3) is 0 Å². The van der Waals surface area contributed by atoms with Crippen LogP contribution >= 0.6 is 35.1 Å². The fourth-order valence-electron chi connectivity index (χ4n) is 1.59. The van der Waals surface area contributed by atoms with E-state index in [1.807, 2.05) is 0 Å². The lowest BCUT2D eigenvalue weighted by atomic mass is 10.1. The Labute approximate surface area is 111 Å². The molecule has 94 valence electrons. The number of rotatable bonds is 1. The Morgan fingerprint density at radius 3 is 2.41 bits per heavy atom. The largest absolute Gasteiger partial charge is 0.417 e. The molecular formula is C11H10ClF3S2. The third kappa shape index (κ3) is 3.26. The zero-order chi connectivity index (χ0) is 12.5. The Balaban J connectivity index is 2.30. The van der Waals surface area contributed by atoms with Crippen molar-refractivity contribution in [2.75, 3.05) is 11.5 Å². The molecule has 0 spiro atoms. The van der Waals surface area contributed by atoms with Gasteiger partial charge in [-0.15, -0.1) is 23.5 Å². The molecule has 1 aliphatic rings. The minimum atomic E-state index is -4.38. The lowest BCUT2D eigenvalue weighted by molar-refractivity contribution is -0.137. The number of hydrogen-bond acceptors (Lipinski definition) is 2. The second kappa shape index (κ2) is 5.33. The molecule has 1 heterocycles. The van der Waals surface area contributed by atoms with Crippen molar-refractivity contribution in [3.05, 3.63) is 34.3 Å². The molecule has 0 bridgehead atoms. The Morgan fingerprint density at radius 2 is 1.82 bits per heavy atom. The van der Waals surface area contributed by atoms with Gasteiger partial charge in [0, 0.05) is 0 Å². The third-order valence-corrected chi connectivity index (χ3v) is 5.74. The van der Waals surface area contributed by atoms with Crippen LogP contribution in [0.4, 0.5) is 13.2 Å². The van der Waals surface area contributed by atoms with Gasteiger partial charge in [-0.3, -0.25) is 0 Å². The van der Waals surface area contributed by atoms with Crippen LogP contribution in [0, 0.1) is 0 Å². The fourth-order valence-corrected chi connectivity index (χ4v) is 4.68. The minimum Gasteiger partial charge on any atom is -0.166 e. The number of alkyl halides is 3. The molecule has 0 radical (unpaired) electrons. The standard InChI is InChI=1S/C11H10ClF3S2/c12-9-3-2-7(6-8(9)11(13,14)15)10-16-4-1-5-17-10/h2-3,6,10H,1,4-5H2. The maximum atomic E-state index is 12.7. The molecule has 2 rings (SSSR count). The van der Waals surface area contributed by atoms with E-state index in [9.17, 15) is 13.2 Å². The van der Waals surface area contributed by atoms with Crippen molar-refractivity contribution >= 4 is 35.1 Å². The highest BCUT2D eigenvalue weighted by Gasteiger charge is 2.34. The van der Waals surface area contributed by atoms with Crippen molar-refractivity contribution in [3.8, 4) is 0 Å². The predicted octanol–water partition coefficient (Wildman–Crippen LogP) is 5.23. The lowest BCUT2D eigenvalue weighted by Gasteiger charge is -2.22. The molecule has 1 aliphatic heterocycles. The molecule has 0 saturated carbocycles. The first-order valence-corrected chi connectivity index (χ1v) is 7.56. The molecule has 0 atom stereocenters. The zero-order valence-electron chi connectivity index (χ0n) is 8.76. The molecule has 0 aliphatic carbocycles. The average Bonchev–Trinajstić information content (AvgIpc) is 2.29. The van der Waals surface area contributed by atoms with Crippen molar-refractivity contribution in [2.24, 2.45) is 0 Å². The molecule has 0 unspecified atom stereocenters. The van der Waals surface area contributed by atoms with Crippen LogP contribution in [0.5, 0.6) is 0 Å². The first kappa shape index (κ1) is 13.4. The van der Waals surface area contributed by atoms with E-state index in [0.29, 0.717) is 5.56 Å². The molecule has 1 aromatic carbocycles. The van der Waals surface area contributed by atoms with Gasteiger partial charge in [0.1, 0.15) is 0 Å². The van der Waals surface area contributed by atoms with Crippen LogP contribution in [0.1, 0.15) is 22.1 Å². The molecule has 17 heavy (non-hydrogen) atoms. The van der Waals surface area contributed by atoms with E-state index < -0.39 is 11.7 Å². The average molecular weight is 299 g/mol. The normalized spacial score (nSPS) is 18.4. The molecule has 0 amide bonds. The number of halogens is 4. The van der Waals surface area contributed by atoms with E-state index in [2.05, 4.69) is 0 Å². The summed E-state index contributed by atoms with van der Waals surface area (Å²) in [4.78, 5) is 0. The second-order valence-corrected chi connectivity index (χ2v) is 6.80. The number of thioether (sulfide) groups is 2. The van der Waals surface area contributed by atoms with Gasteiger partial charge < -0.3 is 0 Å². The third-order valence-electron chi connectivity index (χ3n) is 2.40. The van der Waals surface area contributed by atoms with Gasteiger partial charge >= 0.3 is 6.18 Å². The van der Waals surface area contributed by atoms with Crippen LogP contribution in [0.2, 0.25) is 5.02 Å². The highest BCUT2D eigenvalue weighted by Crippen LogP contribution is 2.45. The van der Waals surface area contributed by atoms with Crippen molar-refractivity contribution in [3.63, 3.8) is 0 Å². The molecule has 0 N–H and O–H groups in total. The Morgan fingerprint density at radius 1 is 1.18 bits per heavy atom. The van der Waals surface area contributed by atoms with Crippen molar-refractivity contribution in [2.45, 2.75) is 17.2 Å². The Hall–Kier alpha value is -0.000000000000000167. The summed E-state index contributed by atoms with van der Waals surface area (Å²) in [6.07, 6.45) is -3.26. The van der Waals surface area contributed by atoms with E-state index >= 15 is 0 Å². The van der Waals surface area contributed by atoms with E-state index in [0.717, 1.165) is 17.9 Å². The number of hydrogen-bond donors (Lipinski definition) is 0. The van der Waals surface area contributed by atoms with Crippen molar-refractivity contribution in [1.29, 1.82) is 0 Å². The molecule has 1 fully saturated rings. The topological polar surface area (TPSA) is 0 Å². The van der Waals surface area contributed by atoms with Gasteiger partial charge in [-0.1, -0.05) is 17.7 Å². The van der Waals surface area contributed by atoms with Gasteiger partial charge in [-0.25, -0.2) is 0 Å². The zero-order valence-corrected chi connectivity index (χ0v) is 11.1. The van der Waals surface area contributed by atoms with Crippen LogP contribution in [0.3, 0.4) is 0 Å². The van der Waals surface area contributed by atoms with Gasteiger partial charge in [0.2, 0.25) is 0 Å². The predicted molar refractivity (Wildman–Crippen MR) is 68.7 cm³/mol. The summed E-state index contributed by atoms with van der Waals surface area (Å²) >= 11 is 8.97. The van der Waals surface area contributed by atoms with Crippen LogP contribution in [-0.4, -0.2) is 11.5 Å². The lowest BCUT2D eigenvalue weighted by Crippen LogP contribution is -2.08. The summed E-state index contributed by atoms with van der Waals surface area (Å²) in [6, 6.07) is 4.21. The second-order valence-electron chi connectivity index (χ2n) is 3.66. The summed E-state index contributed by atoms with van der Waals surface area (Å²) < 4.78 is 38.2. The summed E-state index contributed by atoms with van der Waals surface area (Å²) in [7, 11) is 0. The first-order valence-electron chi connectivity index (χ1n) is 5.08. The van der Waals surface area contributed by atoms with Crippen LogP contribution < -0.4 is 0 Å². The smallest absolute Gasteiger partial charge is 0.166 e. The van der Waals surface area contributed by atoms with Gasteiger partial charge in [0.25, 0.3) is 0 Å². The quantitative estimate of drug-likeness (QED) is 0.696. The Kier molecular flexibility index (Phi) is 4.21. The van der Waals surface area contributed by atoms with Gasteiger partial charge in [0.05, 0.1) is 15.2 Å². The summed E-state index contributed by atoms with van der Waals surface area (Å²) in [5.41, 5.74) is -0.0279. The van der Waals surface area contributed by atoms with Gasteiger partial charge in [-0.2, -0.15) is 13.2 Å². The van der Waals surface area contributed by atoms with E-state index in [1.165, 1.54) is 12.1 Å². The molecule has 0 nitrogen and oxygen atoms in total. The number of benzene rings is 1. The van der Waals surface area contributed by atoms with Gasteiger partial charge in [-0.05, 0) is 35.6 Å². The summed E-state index contributed by atoms with van der Waals surface area (Å²) in [6.45, 7) is 0. The highest BCUT2D eigenvalue weighted by molar-refractivity contribution is 8.16. The van der Waals surface area contributed by atoms with E-state index in [-0.39, 0.29) is 9.60 Å². The molecule has 6 heteroatoms. The van der Waals surface area contributed by atoms with Crippen LogP contribution in [0.15, 0.2) is 18.2 Å². The van der Waals surface area contributed by atoms with E-state index in [1.54, 1.807) is 29.6 Å². The monoisotopic (exact) mass is 298 g/mol. The summed E-state index contributed by atoms with van der Waals surface area (Å²) in [5, 5.41) is -0.230. The van der Waals surface area contributed by atoms with E-state index in [4.69, 9.17) is 11.6 Å². The van der Waals surface area contributed by atoms with Crippen molar-refractivity contribution < 1.29 is 13.2 Å². The maximum absolute atomic E-state index is 12.7. The van der Waals surface area contributed by atoms with Crippen LogP contribution in [-0.2, 0) is 6.18 Å². The summed E-state index contributed by atoms with van der Waals surface area (Å²) in [5.74, 6) is 2.00. The van der Waals surface area contributed by atoms with Gasteiger partial charge in [0.15, 0.2) is 0 Å². The van der Waals surface area contributed by atoms with Crippen molar-refractivity contribution in [1.82, 2.24) is 0 Å². The molecule has 1 saturated heterocycles. The minimum absolute atomic E-state index is 0.0992. The molecule has 0 aromatic heterocycles. The Bertz CT molecular complexity index is 400. The fraction of sp³-hybridized carbons (Fsp3) is 0.455. The first-order chi connectivity index (χ1) is 7.98. The maximum Gasteiger partial charge on any atom is 0.417 e. The molecule has 1 aromatic rings. The highest BCUT2D eigenvalue weighted by atomic mass is 35.5. The molecular weight excluding hydrogens is 289 g/mol. The SMILES string of the molecule is FC(F)(F)c1cc(C2SCCCS2)ccc1Cl.